The van der Waals surface area contributed by atoms with E-state index in [0.29, 0.717) is 0 Å². The number of allylic oxidation sites excluding steroid dienone is 1. The van der Waals surface area contributed by atoms with Crippen LogP contribution in [0.2, 0.25) is 0 Å². The van der Waals surface area contributed by atoms with Crippen molar-refractivity contribution in [1.29, 1.82) is 0 Å². The summed E-state index contributed by atoms with van der Waals surface area (Å²) in [5.74, 6) is 0.919. The molecule has 1 N–H and O–H groups in total. The van der Waals surface area contributed by atoms with Crippen LogP contribution in [0.5, 0.6) is 5.75 Å². The molecule has 0 fully saturated rings. The number of methoxy groups -OCH3 is 1. The van der Waals surface area contributed by atoms with Gasteiger partial charge in [-0.2, -0.15) is 0 Å². The Bertz CT molecular complexity index is 446. The van der Waals surface area contributed by atoms with Crippen LogP contribution in [-0.4, -0.2) is 18.3 Å². The predicted molar refractivity (Wildman–Crippen MR) is 70.3 cm³/mol. The van der Waals surface area contributed by atoms with Crippen molar-refractivity contribution < 1.29 is 9.84 Å². The van der Waals surface area contributed by atoms with Gasteiger partial charge in [-0.3, -0.25) is 0 Å². The van der Waals surface area contributed by atoms with E-state index in [1.54, 1.807) is 7.11 Å². The molecule has 0 radical (unpaired) electrons. The van der Waals surface area contributed by atoms with Gasteiger partial charge in [-0.15, -0.1) is 0 Å². The fourth-order valence-corrected chi connectivity index (χ4v) is 2.61. The Morgan fingerprint density at radius 2 is 2.06 bits per heavy atom. The summed E-state index contributed by atoms with van der Waals surface area (Å²) in [5, 5.41) is 9.73. The minimum Gasteiger partial charge on any atom is -0.496 e. The minimum atomic E-state index is -0.302. The number of hydrogen-bond donors (Lipinski definition) is 1. The molecule has 2 heteroatoms. The van der Waals surface area contributed by atoms with Gasteiger partial charge < -0.3 is 9.84 Å². The summed E-state index contributed by atoms with van der Waals surface area (Å²) in [5.41, 5.74) is 4.82. The molecule has 2 rings (SSSR count). The number of ether oxygens (including phenoxy) is 1. The highest BCUT2D eigenvalue weighted by molar-refractivity contribution is 5.74. The second-order valence-electron chi connectivity index (χ2n) is 4.81. The lowest BCUT2D eigenvalue weighted by Gasteiger charge is -2.21. The summed E-state index contributed by atoms with van der Waals surface area (Å²) >= 11 is 0. The first kappa shape index (κ1) is 12.2. The van der Waals surface area contributed by atoms with Gasteiger partial charge in [0.05, 0.1) is 13.2 Å². The number of rotatable bonds is 2. The van der Waals surface area contributed by atoms with Crippen molar-refractivity contribution in [2.45, 2.75) is 39.2 Å². The molecule has 0 aliphatic heterocycles. The number of hydrogen-bond acceptors (Lipinski definition) is 2. The molecule has 0 heterocycles. The van der Waals surface area contributed by atoms with Crippen molar-refractivity contribution in [1.82, 2.24) is 0 Å². The van der Waals surface area contributed by atoms with Crippen LogP contribution in [0.25, 0.3) is 5.57 Å². The van der Waals surface area contributed by atoms with Crippen molar-refractivity contribution in [3.8, 4) is 5.75 Å². The summed E-state index contributed by atoms with van der Waals surface area (Å²) in [6.45, 7) is 4.18. The number of benzene rings is 1. The Labute approximate surface area is 103 Å². The number of aliphatic hydroxyl groups is 1. The molecule has 0 spiro atoms. The van der Waals surface area contributed by atoms with E-state index < -0.39 is 0 Å². The SMILES string of the molecule is COc1cc(C)cc(C)c1C1=CC(O)CCC1. The van der Waals surface area contributed by atoms with Gasteiger partial charge >= 0.3 is 0 Å². The fourth-order valence-electron chi connectivity index (χ4n) is 2.61. The van der Waals surface area contributed by atoms with Crippen LogP contribution in [-0.2, 0) is 0 Å². The van der Waals surface area contributed by atoms with Crippen molar-refractivity contribution in [3.63, 3.8) is 0 Å². The molecule has 17 heavy (non-hydrogen) atoms. The van der Waals surface area contributed by atoms with Crippen LogP contribution in [0.3, 0.4) is 0 Å². The average Bonchev–Trinajstić information content (AvgIpc) is 2.27. The topological polar surface area (TPSA) is 29.5 Å². The predicted octanol–water partition coefficient (Wildman–Crippen LogP) is 3.24. The summed E-state index contributed by atoms with van der Waals surface area (Å²) in [7, 11) is 1.71. The van der Waals surface area contributed by atoms with Gasteiger partial charge in [0, 0.05) is 5.56 Å². The zero-order valence-electron chi connectivity index (χ0n) is 10.8. The lowest BCUT2D eigenvalue weighted by atomic mass is 9.88. The summed E-state index contributed by atoms with van der Waals surface area (Å²) in [6, 6.07) is 4.23. The van der Waals surface area contributed by atoms with E-state index in [0.717, 1.165) is 30.6 Å². The molecule has 1 aromatic rings. The standard InChI is InChI=1S/C15H20O2/c1-10-7-11(2)15(14(8-10)17-3)12-5-4-6-13(16)9-12/h7-9,13,16H,4-6H2,1-3H3. The maximum Gasteiger partial charge on any atom is 0.126 e. The normalized spacial score (nSPS) is 20.0. The van der Waals surface area contributed by atoms with Crippen LogP contribution in [0.15, 0.2) is 18.2 Å². The lowest BCUT2D eigenvalue weighted by molar-refractivity contribution is 0.206. The first-order valence-corrected chi connectivity index (χ1v) is 6.16. The van der Waals surface area contributed by atoms with E-state index >= 15 is 0 Å². The first-order chi connectivity index (χ1) is 8.11. The lowest BCUT2D eigenvalue weighted by Crippen LogP contribution is -2.09. The van der Waals surface area contributed by atoms with E-state index in [1.165, 1.54) is 16.7 Å². The Hall–Kier alpha value is -1.28. The number of aryl methyl sites for hydroxylation is 2. The molecule has 1 aliphatic carbocycles. The van der Waals surface area contributed by atoms with Gasteiger partial charge in [0.15, 0.2) is 0 Å². The Morgan fingerprint density at radius 3 is 2.71 bits per heavy atom. The van der Waals surface area contributed by atoms with Gasteiger partial charge in [-0.1, -0.05) is 12.1 Å². The van der Waals surface area contributed by atoms with E-state index in [9.17, 15) is 5.11 Å². The summed E-state index contributed by atoms with van der Waals surface area (Å²) in [6.07, 6.45) is 4.62. The third kappa shape index (κ3) is 2.52. The molecule has 0 saturated carbocycles. The maximum atomic E-state index is 9.73. The highest BCUT2D eigenvalue weighted by atomic mass is 16.5. The van der Waals surface area contributed by atoms with Gasteiger partial charge in [-0.25, -0.2) is 0 Å². The van der Waals surface area contributed by atoms with Gasteiger partial charge in [0.1, 0.15) is 5.75 Å². The number of aliphatic hydroxyl groups excluding tert-OH is 1. The van der Waals surface area contributed by atoms with E-state index in [-0.39, 0.29) is 6.10 Å². The van der Waals surface area contributed by atoms with Crippen molar-refractivity contribution >= 4 is 5.57 Å². The van der Waals surface area contributed by atoms with Crippen LogP contribution in [0, 0.1) is 13.8 Å². The van der Waals surface area contributed by atoms with Crippen molar-refractivity contribution in [2.24, 2.45) is 0 Å². The van der Waals surface area contributed by atoms with Gasteiger partial charge in [0.2, 0.25) is 0 Å². The molecule has 92 valence electrons. The largest absolute Gasteiger partial charge is 0.496 e. The molecule has 2 nitrogen and oxygen atoms in total. The highest BCUT2D eigenvalue weighted by Crippen LogP contribution is 2.36. The third-order valence-corrected chi connectivity index (χ3v) is 3.32. The Morgan fingerprint density at radius 1 is 1.29 bits per heavy atom. The molecule has 1 unspecified atom stereocenters. The Balaban J connectivity index is 2.50. The van der Waals surface area contributed by atoms with Gasteiger partial charge in [0.25, 0.3) is 0 Å². The molecule has 1 aliphatic rings. The van der Waals surface area contributed by atoms with Crippen LogP contribution < -0.4 is 4.74 Å². The molecular weight excluding hydrogens is 212 g/mol. The summed E-state index contributed by atoms with van der Waals surface area (Å²) < 4.78 is 5.47. The molecular formula is C15H20O2. The Kier molecular flexibility index (Phi) is 3.53. The van der Waals surface area contributed by atoms with Crippen LogP contribution >= 0.6 is 0 Å². The quantitative estimate of drug-likeness (QED) is 0.848. The molecule has 0 aromatic heterocycles. The van der Waals surface area contributed by atoms with Crippen molar-refractivity contribution in [3.05, 3.63) is 34.9 Å². The van der Waals surface area contributed by atoms with Crippen LogP contribution in [0.1, 0.15) is 36.0 Å². The fraction of sp³-hybridized carbons (Fsp3) is 0.467. The zero-order chi connectivity index (χ0) is 12.4. The molecule has 1 atom stereocenters. The average molecular weight is 232 g/mol. The van der Waals surface area contributed by atoms with E-state index in [1.807, 2.05) is 6.08 Å². The molecule has 0 bridgehead atoms. The second kappa shape index (κ2) is 4.92. The van der Waals surface area contributed by atoms with Gasteiger partial charge in [-0.05, 0) is 55.9 Å². The first-order valence-electron chi connectivity index (χ1n) is 6.16. The molecule has 0 saturated heterocycles. The third-order valence-electron chi connectivity index (χ3n) is 3.32. The maximum absolute atomic E-state index is 9.73. The van der Waals surface area contributed by atoms with E-state index in [2.05, 4.69) is 26.0 Å². The second-order valence-corrected chi connectivity index (χ2v) is 4.81. The monoisotopic (exact) mass is 232 g/mol. The highest BCUT2D eigenvalue weighted by Gasteiger charge is 2.17. The molecule has 1 aromatic carbocycles. The van der Waals surface area contributed by atoms with Crippen molar-refractivity contribution in [2.75, 3.05) is 7.11 Å². The van der Waals surface area contributed by atoms with Crippen LogP contribution in [0.4, 0.5) is 0 Å². The smallest absolute Gasteiger partial charge is 0.126 e. The zero-order valence-corrected chi connectivity index (χ0v) is 10.8. The minimum absolute atomic E-state index is 0.302. The molecule has 0 amide bonds. The summed E-state index contributed by atoms with van der Waals surface area (Å²) in [4.78, 5) is 0. The van der Waals surface area contributed by atoms with E-state index in [4.69, 9.17) is 4.74 Å².